The minimum atomic E-state index is -3.31. The van der Waals surface area contributed by atoms with Gasteiger partial charge in [0.15, 0.2) is 0 Å². The molecule has 1 saturated heterocycles. The van der Waals surface area contributed by atoms with Crippen molar-refractivity contribution in [2.24, 2.45) is 11.7 Å². The molecule has 0 radical (unpaired) electrons. The normalized spacial score (nSPS) is 22.9. The molecule has 0 saturated carbocycles. The van der Waals surface area contributed by atoms with Crippen LogP contribution in [0, 0.1) is 5.92 Å². The van der Waals surface area contributed by atoms with E-state index in [9.17, 15) is 18.4 Å². The molecule has 1 fully saturated rings. The van der Waals surface area contributed by atoms with Gasteiger partial charge in [-0.25, -0.2) is 0 Å². The first kappa shape index (κ1) is 14.2. The maximum Gasteiger partial charge on any atom is 0.322 e. The summed E-state index contributed by atoms with van der Waals surface area (Å²) in [5.74, 6) is -1.45. The van der Waals surface area contributed by atoms with E-state index in [1.54, 1.807) is 6.92 Å². The molecule has 1 aliphatic heterocycles. The van der Waals surface area contributed by atoms with Gasteiger partial charge in [0.1, 0.15) is 6.04 Å². The van der Waals surface area contributed by atoms with Gasteiger partial charge in [-0.05, 0) is 23.9 Å². The molecule has 1 rings (SSSR count). The minimum Gasteiger partial charge on any atom is -0.368 e. The molecular weight excluding hydrogens is 254 g/mol. The number of nitrogens with two attached hydrogens (primary N) is 1. The number of likely N-dealkylation sites (tertiary alicyclic amines) is 1. The number of primary amides is 1. The van der Waals surface area contributed by atoms with E-state index < -0.39 is 29.7 Å². The molecule has 1 aliphatic rings. The molecule has 2 atom stereocenters. The molecule has 98 valence electrons. The van der Waals surface area contributed by atoms with Crippen molar-refractivity contribution in [2.75, 3.05) is 6.54 Å². The van der Waals surface area contributed by atoms with Crippen molar-refractivity contribution in [1.29, 1.82) is 0 Å². The lowest BCUT2D eigenvalue weighted by atomic mass is 10.1. The fourth-order valence-electron chi connectivity index (χ4n) is 2.15. The highest BCUT2D eigenvalue weighted by molar-refractivity contribution is 6.21. The predicted octanol–water partition coefficient (Wildman–Crippen LogP) is 1.32. The molecule has 2 unspecified atom stereocenters. The van der Waals surface area contributed by atoms with Crippen molar-refractivity contribution in [3.63, 3.8) is 0 Å². The second-order valence-corrected chi connectivity index (χ2v) is 4.81. The van der Waals surface area contributed by atoms with Gasteiger partial charge in [0.25, 0.3) is 0 Å². The van der Waals surface area contributed by atoms with Crippen LogP contribution >= 0.6 is 11.6 Å². The molecule has 4 nitrogen and oxygen atoms in total. The van der Waals surface area contributed by atoms with Crippen LogP contribution in [-0.4, -0.2) is 34.7 Å². The van der Waals surface area contributed by atoms with Gasteiger partial charge in [0.05, 0.1) is 0 Å². The highest BCUT2D eigenvalue weighted by Gasteiger charge is 2.40. The van der Waals surface area contributed by atoms with Gasteiger partial charge in [-0.15, -0.1) is 0 Å². The van der Waals surface area contributed by atoms with Gasteiger partial charge in [0.2, 0.25) is 11.8 Å². The second kappa shape index (κ2) is 5.16. The van der Waals surface area contributed by atoms with Gasteiger partial charge < -0.3 is 10.6 Å². The number of carbonyl (C=O) groups is 2. The van der Waals surface area contributed by atoms with Crippen LogP contribution in [0.25, 0.3) is 0 Å². The van der Waals surface area contributed by atoms with Gasteiger partial charge in [-0.1, -0.05) is 6.92 Å². The number of amides is 2. The third kappa shape index (κ3) is 3.80. The number of carbonyl (C=O) groups excluding carboxylic acids is 2. The first-order chi connectivity index (χ1) is 7.74. The van der Waals surface area contributed by atoms with Crippen LogP contribution in [0.1, 0.15) is 26.2 Å². The molecule has 7 heteroatoms. The summed E-state index contributed by atoms with van der Waals surface area (Å²) < 4.78 is 25.2. The first-order valence-corrected chi connectivity index (χ1v) is 5.78. The summed E-state index contributed by atoms with van der Waals surface area (Å²) in [6, 6.07) is -0.712. The summed E-state index contributed by atoms with van der Waals surface area (Å²) in [4.78, 5) is 24.0. The molecule has 0 aromatic rings. The average Bonchev–Trinajstić information content (AvgIpc) is 2.44. The van der Waals surface area contributed by atoms with Crippen molar-refractivity contribution in [1.82, 2.24) is 4.90 Å². The Balaban J connectivity index is 2.67. The summed E-state index contributed by atoms with van der Waals surface area (Å²) in [5, 5.41) is -3.31. The maximum atomic E-state index is 12.6. The summed E-state index contributed by atoms with van der Waals surface area (Å²) in [6.07, 6.45) is -0.191. The van der Waals surface area contributed by atoms with Gasteiger partial charge >= 0.3 is 5.38 Å². The summed E-state index contributed by atoms with van der Waals surface area (Å²) in [5.41, 5.74) is 5.15. The van der Waals surface area contributed by atoms with Gasteiger partial charge in [0, 0.05) is 19.4 Å². The van der Waals surface area contributed by atoms with Crippen molar-refractivity contribution in [3.8, 4) is 0 Å². The number of rotatable bonds is 5. The third-order valence-corrected chi connectivity index (χ3v) is 3.00. The molecule has 17 heavy (non-hydrogen) atoms. The van der Waals surface area contributed by atoms with Crippen LogP contribution in [0.5, 0.6) is 0 Å². The Kier molecular flexibility index (Phi) is 4.30. The van der Waals surface area contributed by atoms with Crippen molar-refractivity contribution < 1.29 is 18.4 Å². The number of hydrogen-bond acceptors (Lipinski definition) is 2. The number of alkyl halides is 3. The van der Waals surface area contributed by atoms with Gasteiger partial charge in [-0.3, -0.25) is 9.59 Å². The van der Waals surface area contributed by atoms with Crippen LogP contribution in [-0.2, 0) is 9.59 Å². The largest absolute Gasteiger partial charge is 0.368 e. The zero-order valence-corrected chi connectivity index (χ0v) is 10.2. The lowest BCUT2D eigenvalue weighted by Crippen LogP contribution is -2.45. The summed E-state index contributed by atoms with van der Waals surface area (Å²) >= 11 is 4.83. The zero-order chi connectivity index (χ0) is 13.2. The van der Waals surface area contributed by atoms with E-state index in [-0.39, 0.29) is 18.9 Å². The Morgan fingerprint density at radius 3 is 2.71 bits per heavy atom. The molecule has 0 bridgehead atoms. The molecule has 0 aliphatic carbocycles. The number of halogens is 3. The minimum absolute atomic E-state index is 0.00785. The molecule has 2 N–H and O–H groups in total. The van der Waals surface area contributed by atoms with Crippen LogP contribution in [0.3, 0.4) is 0 Å². The van der Waals surface area contributed by atoms with E-state index in [1.807, 2.05) is 0 Å². The first-order valence-electron chi connectivity index (χ1n) is 5.40. The molecule has 2 amide bonds. The van der Waals surface area contributed by atoms with Crippen molar-refractivity contribution in [2.45, 2.75) is 37.6 Å². The summed E-state index contributed by atoms with van der Waals surface area (Å²) in [6.45, 7) is 1.83. The van der Waals surface area contributed by atoms with Crippen LogP contribution in [0.15, 0.2) is 0 Å². The van der Waals surface area contributed by atoms with Crippen molar-refractivity contribution >= 4 is 23.4 Å². The van der Waals surface area contributed by atoms with E-state index in [1.165, 1.54) is 4.90 Å². The summed E-state index contributed by atoms with van der Waals surface area (Å²) in [7, 11) is 0. The van der Waals surface area contributed by atoms with E-state index in [0.717, 1.165) is 0 Å². The smallest absolute Gasteiger partial charge is 0.322 e. The Labute approximate surface area is 103 Å². The van der Waals surface area contributed by atoms with E-state index in [4.69, 9.17) is 17.3 Å². The number of hydrogen-bond donors (Lipinski definition) is 1. The molecule has 0 aromatic heterocycles. The SMILES string of the molecule is CCC(C(N)=O)N1CC(CC(F)(F)Cl)CC1=O. The quantitative estimate of drug-likeness (QED) is 0.765. The lowest BCUT2D eigenvalue weighted by molar-refractivity contribution is -0.136. The monoisotopic (exact) mass is 268 g/mol. The lowest BCUT2D eigenvalue weighted by Gasteiger charge is -2.24. The van der Waals surface area contributed by atoms with Crippen LogP contribution in [0.4, 0.5) is 8.78 Å². The maximum absolute atomic E-state index is 12.6. The fraction of sp³-hybridized carbons (Fsp3) is 0.800. The Morgan fingerprint density at radius 1 is 1.71 bits per heavy atom. The van der Waals surface area contributed by atoms with Crippen molar-refractivity contribution in [3.05, 3.63) is 0 Å². The topological polar surface area (TPSA) is 63.4 Å². The molecule has 0 spiro atoms. The molecule has 0 aromatic carbocycles. The van der Waals surface area contributed by atoms with E-state index in [0.29, 0.717) is 6.42 Å². The van der Waals surface area contributed by atoms with Crippen LogP contribution in [0.2, 0.25) is 0 Å². The molecular formula is C10H15ClF2N2O2. The van der Waals surface area contributed by atoms with Crippen LogP contribution < -0.4 is 5.73 Å². The Bertz CT molecular complexity index is 320. The zero-order valence-electron chi connectivity index (χ0n) is 9.46. The highest BCUT2D eigenvalue weighted by Crippen LogP contribution is 2.33. The third-order valence-electron chi connectivity index (χ3n) is 2.85. The van der Waals surface area contributed by atoms with E-state index in [2.05, 4.69) is 0 Å². The second-order valence-electron chi connectivity index (χ2n) is 4.26. The van der Waals surface area contributed by atoms with E-state index >= 15 is 0 Å². The Morgan fingerprint density at radius 2 is 2.29 bits per heavy atom. The molecule has 1 heterocycles. The number of nitrogens with zero attached hydrogens (tertiary/aromatic N) is 1. The average molecular weight is 269 g/mol. The fourth-order valence-corrected chi connectivity index (χ4v) is 2.37. The Hall–Kier alpha value is -0.910. The standard InChI is InChI=1S/C10H15ClF2N2O2/c1-2-7(9(14)17)15-5-6(3-8(15)16)4-10(11,12)13/h6-7H,2-5H2,1H3,(H2,14,17). The predicted molar refractivity (Wildman–Crippen MR) is 58.5 cm³/mol. The highest BCUT2D eigenvalue weighted by atomic mass is 35.5. The van der Waals surface area contributed by atoms with Gasteiger partial charge in [-0.2, -0.15) is 8.78 Å².